The second-order valence-corrected chi connectivity index (χ2v) is 4.74. The van der Waals surface area contributed by atoms with Crippen LogP contribution in [0.2, 0.25) is 5.02 Å². The lowest BCUT2D eigenvalue weighted by molar-refractivity contribution is 0.629. The zero-order valence-electron chi connectivity index (χ0n) is 9.86. The molecule has 0 saturated heterocycles. The molecule has 5 heteroatoms. The van der Waals surface area contributed by atoms with Crippen molar-refractivity contribution < 1.29 is 4.39 Å². The number of nitrogens with zero attached hydrogens (tertiary/aromatic N) is 1. The van der Waals surface area contributed by atoms with Gasteiger partial charge in [-0.05, 0) is 35.9 Å². The van der Waals surface area contributed by atoms with Gasteiger partial charge in [-0.15, -0.1) is 0 Å². The monoisotopic (exact) mass is 276 g/mol. The first-order valence-electron chi connectivity index (χ1n) is 5.76. The highest BCUT2D eigenvalue weighted by atomic mass is 35.5. The van der Waals surface area contributed by atoms with Crippen molar-refractivity contribution in [2.45, 2.75) is 6.54 Å². The van der Waals surface area contributed by atoms with Gasteiger partial charge in [-0.3, -0.25) is 4.57 Å². The highest BCUT2D eigenvalue weighted by Crippen LogP contribution is 2.15. The molecule has 0 spiro atoms. The van der Waals surface area contributed by atoms with Gasteiger partial charge in [0.15, 0.2) is 0 Å². The van der Waals surface area contributed by atoms with Gasteiger partial charge < -0.3 is 4.98 Å². The minimum Gasteiger partial charge on any atom is -0.305 e. The molecule has 3 aromatic rings. The van der Waals surface area contributed by atoms with Crippen LogP contribution >= 0.6 is 11.6 Å². The summed E-state index contributed by atoms with van der Waals surface area (Å²) in [6.45, 7) is 0.418. The molecule has 0 aliphatic heterocycles. The number of halogens is 2. The number of hydrogen-bond donors (Lipinski definition) is 1. The van der Waals surface area contributed by atoms with Gasteiger partial charge in [-0.2, -0.15) is 0 Å². The van der Waals surface area contributed by atoms with Gasteiger partial charge in [-0.1, -0.05) is 23.7 Å². The first-order chi connectivity index (χ1) is 9.13. The molecule has 0 radical (unpaired) electrons. The van der Waals surface area contributed by atoms with Gasteiger partial charge >= 0.3 is 5.69 Å². The van der Waals surface area contributed by atoms with Crippen molar-refractivity contribution in [2.24, 2.45) is 0 Å². The Hall–Kier alpha value is -2.07. The average Bonchev–Trinajstić information content (AvgIpc) is 2.68. The van der Waals surface area contributed by atoms with Crippen LogP contribution in [0.25, 0.3) is 11.0 Å². The summed E-state index contributed by atoms with van der Waals surface area (Å²) >= 11 is 5.82. The maximum atomic E-state index is 13.1. The van der Waals surface area contributed by atoms with Crippen molar-refractivity contribution in [1.82, 2.24) is 9.55 Å². The number of H-pyrrole nitrogens is 1. The van der Waals surface area contributed by atoms with Crippen LogP contribution in [0.3, 0.4) is 0 Å². The molecule has 3 rings (SSSR count). The third-order valence-electron chi connectivity index (χ3n) is 2.99. The summed E-state index contributed by atoms with van der Waals surface area (Å²) in [7, 11) is 0. The van der Waals surface area contributed by atoms with Crippen molar-refractivity contribution >= 4 is 22.6 Å². The lowest BCUT2D eigenvalue weighted by Crippen LogP contribution is -2.17. The molecule has 0 unspecified atom stereocenters. The molecule has 1 N–H and O–H groups in total. The Kier molecular flexibility index (Phi) is 2.87. The molecule has 0 fully saturated rings. The molecule has 0 atom stereocenters. The number of aromatic amines is 1. The van der Waals surface area contributed by atoms with E-state index in [1.807, 2.05) is 12.1 Å². The Bertz CT molecular complexity index is 789. The normalized spacial score (nSPS) is 11.1. The van der Waals surface area contributed by atoms with Gasteiger partial charge in [0.1, 0.15) is 5.82 Å². The Morgan fingerprint density at radius 1 is 1.16 bits per heavy atom. The minimum atomic E-state index is -0.368. The molecule has 3 nitrogen and oxygen atoms in total. The van der Waals surface area contributed by atoms with Crippen LogP contribution in [0.1, 0.15) is 5.56 Å². The fourth-order valence-electron chi connectivity index (χ4n) is 2.07. The smallest absolute Gasteiger partial charge is 0.305 e. The molecular weight excluding hydrogens is 267 g/mol. The predicted octanol–water partition coefficient (Wildman–Crippen LogP) is 3.17. The maximum absolute atomic E-state index is 13.1. The molecule has 1 aromatic heterocycles. The zero-order valence-corrected chi connectivity index (χ0v) is 10.6. The molecule has 0 aliphatic rings. The van der Waals surface area contributed by atoms with Crippen molar-refractivity contribution in [1.29, 1.82) is 0 Å². The van der Waals surface area contributed by atoms with Crippen LogP contribution in [-0.2, 0) is 6.54 Å². The summed E-state index contributed by atoms with van der Waals surface area (Å²) in [5.74, 6) is -0.368. The molecule has 96 valence electrons. The van der Waals surface area contributed by atoms with Crippen molar-refractivity contribution in [3.05, 3.63) is 69.4 Å². The third-order valence-corrected chi connectivity index (χ3v) is 3.24. The van der Waals surface area contributed by atoms with Crippen LogP contribution in [0, 0.1) is 5.82 Å². The van der Waals surface area contributed by atoms with E-state index < -0.39 is 0 Å². The van der Waals surface area contributed by atoms with Crippen LogP contribution in [0.5, 0.6) is 0 Å². The van der Waals surface area contributed by atoms with E-state index in [4.69, 9.17) is 11.6 Å². The Morgan fingerprint density at radius 3 is 2.63 bits per heavy atom. The number of benzene rings is 2. The van der Waals surface area contributed by atoms with Crippen molar-refractivity contribution in [2.75, 3.05) is 0 Å². The largest absolute Gasteiger partial charge is 0.326 e. The minimum absolute atomic E-state index is 0.254. The molecule has 0 saturated carbocycles. The highest BCUT2D eigenvalue weighted by Gasteiger charge is 2.07. The summed E-state index contributed by atoms with van der Waals surface area (Å²) in [4.78, 5) is 14.5. The molecule has 19 heavy (non-hydrogen) atoms. The van der Waals surface area contributed by atoms with Crippen molar-refractivity contribution in [3.63, 3.8) is 0 Å². The van der Waals surface area contributed by atoms with E-state index in [-0.39, 0.29) is 11.5 Å². The van der Waals surface area contributed by atoms with Crippen LogP contribution in [0.4, 0.5) is 4.39 Å². The fourth-order valence-corrected chi connectivity index (χ4v) is 2.19. The third kappa shape index (κ3) is 2.27. The highest BCUT2D eigenvalue weighted by molar-refractivity contribution is 6.30. The average molecular weight is 277 g/mol. The zero-order chi connectivity index (χ0) is 13.4. The van der Waals surface area contributed by atoms with Crippen molar-refractivity contribution in [3.8, 4) is 0 Å². The molecule has 0 bridgehead atoms. The SMILES string of the molecule is O=c1[nH]c2cc(F)ccc2n1Cc1ccc(Cl)cc1. The van der Waals surface area contributed by atoms with Gasteiger partial charge in [0.05, 0.1) is 17.6 Å². The summed E-state index contributed by atoms with van der Waals surface area (Å²) in [5, 5.41) is 0.650. The standard InChI is InChI=1S/C14H10ClFN2O/c15-10-3-1-9(2-4-10)8-18-13-6-5-11(16)7-12(13)17-14(18)19/h1-7H,8H2,(H,17,19). The van der Waals surface area contributed by atoms with E-state index in [0.29, 0.717) is 22.6 Å². The van der Waals surface area contributed by atoms with E-state index in [2.05, 4.69) is 4.98 Å². The number of hydrogen-bond acceptors (Lipinski definition) is 1. The van der Waals surface area contributed by atoms with E-state index in [1.165, 1.54) is 12.1 Å². The number of rotatable bonds is 2. The van der Waals surface area contributed by atoms with E-state index in [9.17, 15) is 9.18 Å². The van der Waals surface area contributed by atoms with Crippen LogP contribution in [0.15, 0.2) is 47.3 Å². The summed E-state index contributed by atoms with van der Waals surface area (Å²) in [6.07, 6.45) is 0. The summed E-state index contributed by atoms with van der Waals surface area (Å²) < 4.78 is 14.7. The lowest BCUT2D eigenvalue weighted by atomic mass is 10.2. The fraction of sp³-hybridized carbons (Fsp3) is 0.0714. The Balaban J connectivity index is 2.07. The quantitative estimate of drug-likeness (QED) is 0.767. The first-order valence-corrected chi connectivity index (χ1v) is 6.14. The van der Waals surface area contributed by atoms with Crippen LogP contribution in [-0.4, -0.2) is 9.55 Å². The summed E-state index contributed by atoms with van der Waals surface area (Å²) in [6, 6.07) is 11.5. The molecule has 2 aromatic carbocycles. The number of aromatic nitrogens is 2. The van der Waals surface area contributed by atoms with E-state index >= 15 is 0 Å². The molecular formula is C14H10ClFN2O. The maximum Gasteiger partial charge on any atom is 0.326 e. The molecule has 1 heterocycles. The number of fused-ring (bicyclic) bond motifs is 1. The Labute approximate surface area is 113 Å². The predicted molar refractivity (Wildman–Crippen MR) is 73.1 cm³/mol. The topological polar surface area (TPSA) is 37.8 Å². The second kappa shape index (κ2) is 4.55. The van der Waals surface area contributed by atoms with Gasteiger partial charge in [-0.25, -0.2) is 9.18 Å². The van der Waals surface area contributed by atoms with Gasteiger partial charge in [0.25, 0.3) is 0 Å². The van der Waals surface area contributed by atoms with E-state index in [1.54, 1.807) is 22.8 Å². The molecule has 0 amide bonds. The lowest BCUT2D eigenvalue weighted by Gasteiger charge is -2.03. The number of imidazole rings is 1. The first kappa shape index (κ1) is 12.0. The van der Waals surface area contributed by atoms with Gasteiger partial charge in [0, 0.05) is 5.02 Å². The summed E-state index contributed by atoms with van der Waals surface area (Å²) in [5.41, 5.74) is 1.88. The van der Waals surface area contributed by atoms with Crippen LogP contribution < -0.4 is 5.69 Å². The molecule has 0 aliphatic carbocycles. The van der Waals surface area contributed by atoms with Gasteiger partial charge in [0.2, 0.25) is 0 Å². The van der Waals surface area contributed by atoms with E-state index in [0.717, 1.165) is 5.56 Å². The second-order valence-electron chi connectivity index (χ2n) is 4.30. The number of nitrogens with one attached hydrogen (secondary N) is 1. The Morgan fingerprint density at radius 2 is 1.89 bits per heavy atom.